The van der Waals surface area contributed by atoms with E-state index < -0.39 is 0 Å². The third kappa shape index (κ3) is 3.75. The van der Waals surface area contributed by atoms with E-state index in [0.29, 0.717) is 11.3 Å². The zero-order chi connectivity index (χ0) is 18.1. The van der Waals surface area contributed by atoms with Gasteiger partial charge in [-0.15, -0.1) is 0 Å². The minimum absolute atomic E-state index is 0.107. The molecule has 1 aromatic rings. The maximum absolute atomic E-state index is 11.7. The fourth-order valence-electron chi connectivity index (χ4n) is 5.76. The molecule has 1 heterocycles. The summed E-state index contributed by atoms with van der Waals surface area (Å²) in [5.41, 5.74) is 5.54. The predicted octanol–water partition coefficient (Wildman–Crippen LogP) is 0.520. The predicted molar refractivity (Wildman–Crippen MR) is 92.5 cm³/mol. The molecule has 1 aromatic heterocycles. The van der Waals surface area contributed by atoms with Crippen molar-refractivity contribution in [2.24, 2.45) is 28.9 Å². The van der Waals surface area contributed by atoms with E-state index in [9.17, 15) is 9.59 Å². The minimum atomic E-state index is -0.365. The quantitative estimate of drug-likeness (QED) is 0.650. The van der Waals surface area contributed by atoms with Crippen molar-refractivity contribution in [1.82, 2.24) is 20.8 Å². The van der Waals surface area contributed by atoms with Gasteiger partial charge in [0.2, 0.25) is 17.7 Å². The molecule has 4 saturated carbocycles. The Hall–Kier alpha value is -1.96. The van der Waals surface area contributed by atoms with Crippen LogP contribution < -0.4 is 16.4 Å². The second-order valence-electron chi connectivity index (χ2n) is 8.46. The average molecular weight is 361 g/mol. The van der Waals surface area contributed by atoms with E-state index >= 15 is 0 Å². The van der Waals surface area contributed by atoms with Crippen LogP contribution in [-0.2, 0) is 22.6 Å². The summed E-state index contributed by atoms with van der Waals surface area (Å²) >= 11 is 0. The molecular formula is C18H27N5O3. The fourth-order valence-corrected chi connectivity index (χ4v) is 5.76. The first-order chi connectivity index (χ1) is 12.5. The minimum Gasteiger partial charge on any atom is -0.346 e. The van der Waals surface area contributed by atoms with Gasteiger partial charge in [-0.05, 0) is 61.7 Å². The Kier molecular flexibility index (Phi) is 4.69. The van der Waals surface area contributed by atoms with E-state index in [4.69, 9.17) is 10.3 Å². The summed E-state index contributed by atoms with van der Waals surface area (Å²) in [5.74, 6) is 3.18. The summed E-state index contributed by atoms with van der Waals surface area (Å²) in [6.07, 6.45) is 9.07. The van der Waals surface area contributed by atoms with Crippen molar-refractivity contribution in [2.75, 3.05) is 13.1 Å². The van der Waals surface area contributed by atoms with Crippen LogP contribution in [0.3, 0.4) is 0 Å². The van der Waals surface area contributed by atoms with E-state index in [1.807, 2.05) is 0 Å². The third-order valence-corrected chi connectivity index (χ3v) is 6.28. The van der Waals surface area contributed by atoms with Crippen LogP contribution in [0, 0.1) is 23.2 Å². The van der Waals surface area contributed by atoms with Gasteiger partial charge in [0.05, 0.1) is 19.6 Å². The molecule has 0 unspecified atom stereocenters. The summed E-state index contributed by atoms with van der Waals surface area (Å²) < 4.78 is 5.29. The number of nitrogens with zero attached hydrogens (tertiary/aromatic N) is 2. The topological polar surface area (TPSA) is 123 Å². The van der Waals surface area contributed by atoms with E-state index in [1.54, 1.807) is 0 Å². The molecule has 8 heteroatoms. The maximum atomic E-state index is 11.7. The number of aromatic nitrogens is 2. The Morgan fingerprint density at radius 3 is 2.35 bits per heavy atom. The van der Waals surface area contributed by atoms with Crippen molar-refractivity contribution in [1.29, 1.82) is 0 Å². The highest BCUT2D eigenvalue weighted by Crippen LogP contribution is 2.60. The molecule has 142 valence electrons. The number of carbonyl (C=O) groups excluding carboxylic acids is 2. The molecular weight excluding hydrogens is 334 g/mol. The van der Waals surface area contributed by atoms with Gasteiger partial charge in [-0.1, -0.05) is 5.16 Å². The second kappa shape index (κ2) is 6.98. The number of nitrogens with two attached hydrogens (primary N) is 1. The summed E-state index contributed by atoms with van der Waals surface area (Å²) in [7, 11) is 0. The van der Waals surface area contributed by atoms with E-state index in [1.165, 1.54) is 38.5 Å². The van der Waals surface area contributed by atoms with Gasteiger partial charge < -0.3 is 20.9 Å². The van der Waals surface area contributed by atoms with Crippen LogP contribution in [-0.4, -0.2) is 35.0 Å². The van der Waals surface area contributed by atoms with Gasteiger partial charge >= 0.3 is 0 Å². The molecule has 0 aromatic carbocycles. The molecule has 2 amide bonds. The van der Waals surface area contributed by atoms with Crippen LogP contribution in [0.4, 0.5) is 0 Å². The van der Waals surface area contributed by atoms with E-state index in [-0.39, 0.29) is 31.4 Å². The summed E-state index contributed by atoms with van der Waals surface area (Å²) in [5, 5.41) is 9.21. The number of carbonyl (C=O) groups is 2. The van der Waals surface area contributed by atoms with E-state index in [0.717, 1.165) is 30.0 Å². The lowest BCUT2D eigenvalue weighted by Gasteiger charge is -2.56. The molecule has 4 N–H and O–H groups in total. The Morgan fingerprint density at radius 2 is 1.73 bits per heavy atom. The molecule has 0 radical (unpaired) electrons. The van der Waals surface area contributed by atoms with Gasteiger partial charge in [-0.3, -0.25) is 9.59 Å². The molecule has 5 rings (SSSR count). The summed E-state index contributed by atoms with van der Waals surface area (Å²) in [6.45, 7) is -0.0693. The van der Waals surface area contributed by atoms with Gasteiger partial charge in [0.15, 0.2) is 5.82 Å². The average Bonchev–Trinajstić information content (AvgIpc) is 3.03. The molecule has 8 nitrogen and oxygen atoms in total. The first-order valence-electron chi connectivity index (χ1n) is 9.58. The van der Waals surface area contributed by atoms with Crippen LogP contribution in [0.25, 0.3) is 0 Å². The van der Waals surface area contributed by atoms with E-state index in [2.05, 4.69) is 20.8 Å². The number of rotatable bonds is 7. The van der Waals surface area contributed by atoms with Crippen LogP contribution in [0.1, 0.15) is 50.2 Å². The zero-order valence-corrected chi connectivity index (χ0v) is 15.0. The highest BCUT2D eigenvalue weighted by atomic mass is 16.5. The summed E-state index contributed by atoms with van der Waals surface area (Å²) in [6, 6.07) is 0. The normalized spacial score (nSPS) is 31.8. The lowest BCUT2D eigenvalue weighted by Crippen LogP contribution is -2.47. The number of hydrogen-bond donors (Lipinski definition) is 3. The Balaban J connectivity index is 1.28. The lowest BCUT2D eigenvalue weighted by atomic mass is 9.49. The van der Waals surface area contributed by atoms with Crippen LogP contribution in [0.15, 0.2) is 4.52 Å². The number of nitrogens with one attached hydrogen (secondary N) is 2. The molecule has 0 aliphatic heterocycles. The van der Waals surface area contributed by atoms with Crippen molar-refractivity contribution >= 4 is 11.8 Å². The lowest BCUT2D eigenvalue weighted by molar-refractivity contribution is -0.125. The van der Waals surface area contributed by atoms with Crippen LogP contribution >= 0.6 is 0 Å². The van der Waals surface area contributed by atoms with Crippen molar-refractivity contribution < 1.29 is 14.1 Å². The monoisotopic (exact) mass is 361 g/mol. The largest absolute Gasteiger partial charge is 0.346 e. The zero-order valence-electron chi connectivity index (χ0n) is 15.0. The summed E-state index contributed by atoms with van der Waals surface area (Å²) in [4.78, 5) is 27.2. The van der Waals surface area contributed by atoms with Gasteiger partial charge in [0.1, 0.15) is 0 Å². The Labute approximate surface area is 152 Å². The standard InChI is InChI=1S/C18H27N5O3/c19-8-15(24)20-9-16(25)21-10-17-22-14(23-26-17)7-18-4-11-1-12(5-18)3-13(2-11)6-18/h11-13H,1-10,19H2,(H,20,24)(H,21,25). The second-order valence-corrected chi connectivity index (χ2v) is 8.46. The van der Waals surface area contributed by atoms with Gasteiger partial charge in [-0.25, -0.2) is 0 Å². The molecule has 0 spiro atoms. The molecule has 4 aliphatic carbocycles. The molecule has 0 saturated heterocycles. The van der Waals surface area contributed by atoms with Crippen molar-refractivity contribution in [3.8, 4) is 0 Å². The highest BCUT2D eigenvalue weighted by Gasteiger charge is 2.51. The van der Waals surface area contributed by atoms with Gasteiger partial charge in [0.25, 0.3) is 0 Å². The van der Waals surface area contributed by atoms with Gasteiger partial charge in [0, 0.05) is 6.42 Å². The molecule has 4 aliphatic rings. The fraction of sp³-hybridized carbons (Fsp3) is 0.778. The molecule has 4 bridgehead atoms. The van der Waals surface area contributed by atoms with Crippen molar-refractivity contribution in [3.05, 3.63) is 11.7 Å². The van der Waals surface area contributed by atoms with Crippen LogP contribution in [0.2, 0.25) is 0 Å². The first kappa shape index (κ1) is 17.5. The van der Waals surface area contributed by atoms with Crippen LogP contribution in [0.5, 0.6) is 0 Å². The van der Waals surface area contributed by atoms with Crippen molar-refractivity contribution in [3.63, 3.8) is 0 Å². The Morgan fingerprint density at radius 1 is 1.08 bits per heavy atom. The molecule has 26 heavy (non-hydrogen) atoms. The SMILES string of the molecule is NCC(=O)NCC(=O)NCc1nc(CC23CC4CC(CC(C4)C2)C3)no1. The van der Waals surface area contributed by atoms with Gasteiger partial charge in [-0.2, -0.15) is 4.98 Å². The first-order valence-corrected chi connectivity index (χ1v) is 9.58. The molecule has 0 atom stereocenters. The maximum Gasteiger partial charge on any atom is 0.246 e. The number of amides is 2. The number of hydrogen-bond acceptors (Lipinski definition) is 6. The Bertz CT molecular complexity index is 651. The molecule has 4 fully saturated rings. The third-order valence-electron chi connectivity index (χ3n) is 6.28. The highest BCUT2D eigenvalue weighted by molar-refractivity contribution is 5.85. The van der Waals surface area contributed by atoms with Crippen molar-refractivity contribution in [2.45, 2.75) is 51.5 Å². The smallest absolute Gasteiger partial charge is 0.246 e.